The number of hydrogen-bond acceptors (Lipinski definition) is 3. The number of aryl methyl sites for hydroxylation is 2. The zero-order valence-electron chi connectivity index (χ0n) is 11.3. The summed E-state index contributed by atoms with van der Waals surface area (Å²) in [5.41, 5.74) is 8.82. The highest BCUT2D eigenvalue weighted by Crippen LogP contribution is 2.28. The van der Waals surface area contributed by atoms with Crippen LogP contribution in [0.3, 0.4) is 0 Å². The van der Waals surface area contributed by atoms with Gasteiger partial charge in [-0.25, -0.2) is 0 Å². The number of hydrogen-bond donors (Lipinski definition) is 1. The van der Waals surface area contributed by atoms with Gasteiger partial charge in [-0.05, 0) is 38.5 Å². The number of benzene rings is 1. The minimum absolute atomic E-state index is 0.0425. The lowest BCUT2D eigenvalue weighted by atomic mass is 10.1. The van der Waals surface area contributed by atoms with Crippen LogP contribution in [0, 0.1) is 13.8 Å². The first-order valence-corrected chi connectivity index (χ1v) is 6.02. The van der Waals surface area contributed by atoms with Gasteiger partial charge in [0.15, 0.2) is 5.75 Å². The normalized spacial score (nSPS) is 12.5. The molecule has 0 aliphatic carbocycles. The second kappa shape index (κ2) is 4.82. The SMILES string of the molecule is Cc1nn(C)c(C)c1Oc1ccc([C@H](C)N)cc1. The molecular formula is C14H19N3O. The monoisotopic (exact) mass is 245 g/mol. The quantitative estimate of drug-likeness (QED) is 0.904. The van der Waals surface area contributed by atoms with Gasteiger partial charge in [-0.15, -0.1) is 0 Å². The lowest BCUT2D eigenvalue weighted by Crippen LogP contribution is -2.04. The van der Waals surface area contributed by atoms with E-state index in [0.717, 1.165) is 28.5 Å². The molecule has 0 bridgehead atoms. The Bertz CT molecular complexity index is 541. The second-order valence-corrected chi connectivity index (χ2v) is 4.58. The predicted molar refractivity (Wildman–Crippen MR) is 71.8 cm³/mol. The van der Waals surface area contributed by atoms with Crippen molar-refractivity contribution in [2.75, 3.05) is 0 Å². The van der Waals surface area contributed by atoms with Gasteiger partial charge < -0.3 is 10.5 Å². The van der Waals surface area contributed by atoms with Crippen molar-refractivity contribution in [2.45, 2.75) is 26.8 Å². The van der Waals surface area contributed by atoms with Crippen LogP contribution in [0.15, 0.2) is 24.3 Å². The maximum absolute atomic E-state index is 5.87. The van der Waals surface area contributed by atoms with E-state index in [2.05, 4.69) is 5.10 Å². The smallest absolute Gasteiger partial charge is 0.171 e. The summed E-state index contributed by atoms with van der Waals surface area (Å²) in [6.45, 7) is 5.90. The Morgan fingerprint density at radius 2 is 1.83 bits per heavy atom. The Hall–Kier alpha value is -1.81. The molecule has 0 spiro atoms. The maximum Gasteiger partial charge on any atom is 0.171 e. The molecular weight excluding hydrogens is 226 g/mol. The van der Waals surface area contributed by atoms with E-state index in [1.807, 2.05) is 56.8 Å². The van der Waals surface area contributed by atoms with Crippen LogP contribution in [-0.4, -0.2) is 9.78 Å². The maximum atomic E-state index is 5.87. The number of aromatic nitrogens is 2. The van der Waals surface area contributed by atoms with Crippen molar-refractivity contribution in [3.05, 3.63) is 41.2 Å². The molecule has 2 N–H and O–H groups in total. The van der Waals surface area contributed by atoms with E-state index in [1.165, 1.54) is 0 Å². The molecule has 1 atom stereocenters. The van der Waals surface area contributed by atoms with Gasteiger partial charge in [0.1, 0.15) is 11.4 Å². The average molecular weight is 245 g/mol. The lowest BCUT2D eigenvalue weighted by Gasteiger charge is -2.09. The average Bonchev–Trinajstić information content (AvgIpc) is 2.57. The Labute approximate surface area is 107 Å². The summed E-state index contributed by atoms with van der Waals surface area (Å²) in [6.07, 6.45) is 0. The third kappa shape index (κ3) is 2.38. The van der Waals surface area contributed by atoms with Gasteiger partial charge in [0, 0.05) is 13.1 Å². The van der Waals surface area contributed by atoms with E-state index in [9.17, 15) is 0 Å². The fraction of sp³-hybridized carbons (Fsp3) is 0.357. The third-order valence-corrected chi connectivity index (χ3v) is 3.07. The Morgan fingerprint density at radius 3 is 2.28 bits per heavy atom. The van der Waals surface area contributed by atoms with Gasteiger partial charge in [-0.3, -0.25) is 4.68 Å². The third-order valence-electron chi connectivity index (χ3n) is 3.07. The summed E-state index contributed by atoms with van der Waals surface area (Å²) in [5, 5.41) is 4.32. The first-order chi connectivity index (χ1) is 8.49. The number of nitrogens with two attached hydrogens (primary N) is 1. The first-order valence-electron chi connectivity index (χ1n) is 6.02. The van der Waals surface area contributed by atoms with Crippen LogP contribution in [0.1, 0.15) is 29.9 Å². The van der Waals surface area contributed by atoms with Gasteiger partial charge in [-0.2, -0.15) is 5.10 Å². The first kappa shape index (κ1) is 12.6. The van der Waals surface area contributed by atoms with E-state index in [-0.39, 0.29) is 6.04 Å². The van der Waals surface area contributed by atoms with E-state index >= 15 is 0 Å². The van der Waals surface area contributed by atoms with Crippen LogP contribution in [0.4, 0.5) is 0 Å². The topological polar surface area (TPSA) is 53.1 Å². The fourth-order valence-corrected chi connectivity index (χ4v) is 1.86. The van der Waals surface area contributed by atoms with Crippen LogP contribution in [0.2, 0.25) is 0 Å². The van der Waals surface area contributed by atoms with Gasteiger partial charge in [0.05, 0.1) is 5.69 Å². The molecule has 0 radical (unpaired) electrons. The van der Waals surface area contributed by atoms with Crippen molar-refractivity contribution in [3.8, 4) is 11.5 Å². The van der Waals surface area contributed by atoms with E-state index in [4.69, 9.17) is 10.5 Å². The molecule has 0 aliphatic rings. The molecule has 2 aromatic rings. The van der Waals surface area contributed by atoms with Crippen LogP contribution < -0.4 is 10.5 Å². The zero-order valence-corrected chi connectivity index (χ0v) is 11.3. The molecule has 1 aromatic carbocycles. The minimum atomic E-state index is 0.0425. The molecule has 4 nitrogen and oxygen atoms in total. The Kier molecular flexibility index (Phi) is 3.39. The second-order valence-electron chi connectivity index (χ2n) is 4.58. The highest BCUT2D eigenvalue weighted by molar-refractivity contribution is 5.38. The number of rotatable bonds is 3. The standard InChI is InChI=1S/C14H19N3O/c1-9(15)12-5-7-13(8-6-12)18-14-10(2)16-17(4)11(14)3/h5-9H,15H2,1-4H3/t9-/m0/s1. The summed E-state index contributed by atoms with van der Waals surface area (Å²) in [6, 6.07) is 7.89. The Balaban J connectivity index is 2.23. The summed E-state index contributed by atoms with van der Waals surface area (Å²) in [7, 11) is 1.91. The van der Waals surface area contributed by atoms with Crippen molar-refractivity contribution in [2.24, 2.45) is 12.8 Å². The van der Waals surface area contributed by atoms with Crippen LogP contribution >= 0.6 is 0 Å². The van der Waals surface area contributed by atoms with E-state index < -0.39 is 0 Å². The molecule has 2 rings (SSSR count). The molecule has 0 saturated heterocycles. The van der Waals surface area contributed by atoms with Gasteiger partial charge in [-0.1, -0.05) is 12.1 Å². The highest BCUT2D eigenvalue weighted by Gasteiger charge is 2.11. The molecule has 1 aromatic heterocycles. The molecule has 18 heavy (non-hydrogen) atoms. The molecule has 0 unspecified atom stereocenters. The van der Waals surface area contributed by atoms with Crippen LogP contribution in [-0.2, 0) is 7.05 Å². The summed E-state index contributed by atoms with van der Waals surface area (Å²) in [4.78, 5) is 0. The van der Waals surface area contributed by atoms with Gasteiger partial charge in [0.2, 0.25) is 0 Å². The van der Waals surface area contributed by atoms with E-state index in [0.29, 0.717) is 0 Å². The lowest BCUT2D eigenvalue weighted by molar-refractivity contribution is 0.474. The van der Waals surface area contributed by atoms with Crippen molar-refractivity contribution in [3.63, 3.8) is 0 Å². The predicted octanol–water partition coefficient (Wildman–Crippen LogP) is 2.85. The highest BCUT2D eigenvalue weighted by atomic mass is 16.5. The van der Waals surface area contributed by atoms with Gasteiger partial charge in [0.25, 0.3) is 0 Å². The zero-order chi connectivity index (χ0) is 13.3. The number of nitrogens with zero attached hydrogens (tertiary/aromatic N) is 2. The minimum Gasteiger partial charge on any atom is -0.453 e. The number of ether oxygens (including phenoxy) is 1. The molecule has 96 valence electrons. The Morgan fingerprint density at radius 1 is 1.22 bits per heavy atom. The van der Waals surface area contributed by atoms with Crippen molar-refractivity contribution >= 4 is 0 Å². The molecule has 0 fully saturated rings. The van der Waals surface area contributed by atoms with Crippen molar-refractivity contribution < 1.29 is 4.74 Å². The van der Waals surface area contributed by atoms with Gasteiger partial charge >= 0.3 is 0 Å². The van der Waals surface area contributed by atoms with Crippen molar-refractivity contribution in [1.82, 2.24) is 9.78 Å². The van der Waals surface area contributed by atoms with Crippen LogP contribution in [0.5, 0.6) is 11.5 Å². The molecule has 0 saturated carbocycles. The molecule has 0 amide bonds. The van der Waals surface area contributed by atoms with E-state index in [1.54, 1.807) is 0 Å². The summed E-state index contributed by atoms with van der Waals surface area (Å²) in [5.74, 6) is 1.63. The molecule has 1 heterocycles. The largest absolute Gasteiger partial charge is 0.453 e. The van der Waals surface area contributed by atoms with Crippen LogP contribution in [0.25, 0.3) is 0 Å². The fourth-order valence-electron chi connectivity index (χ4n) is 1.86. The molecule has 0 aliphatic heterocycles. The van der Waals surface area contributed by atoms with Crippen molar-refractivity contribution in [1.29, 1.82) is 0 Å². The summed E-state index contributed by atoms with van der Waals surface area (Å²) < 4.78 is 7.69. The summed E-state index contributed by atoms with van der Waals surface area (Å²) >= 11 is 0. The molecule has 4 heteroatoms.